The van der Waals surface area contributed by atoms with Gasteiger partial charge in [0, 0.05) is 27.3 Å². The fourth-order valence-corrected chi connectivity index (χ4v) is 4.39. The van der Waals surface area contributed by atoms with E-state index in [-0.39, 0.29) is 11.6 Å². The van der Waals surface area contributed by atoms with Gasteiger partial charge in [-0.3, -0.25) is 4.98 Å². The number of nitrogens with one attached hydrogen (secondary N) is 1. The van der Waals surface area contributed by atoms with Crippen LogP contribution in [-0.2, 0) is 0 Å². The number of nitrogen functional groups attached to an aromatic ring is 1. The number of para-hydroxylation sites is 1. The number of halogens is 2. The lowest BCUT2D eigenvalue weighted by Gasteiger charge is -2.17. The summed E-state index contributed by atoms with van der Waals surface area (Å²) in [5, 5.41) is 15.1. The summed E-state index contributed by atoms with van der Waals surface area (Å²) < 4.78 is 6.03. The van der Waals surface area contributed by atoms with Gasteiger partial charge in [0.05, 0.1) is 12.0 Å². The third-order valence-corrected chi connectivity index (χ3v) is 6.47. The number of anilines is 3. The van der Waals surface area contributed by atoms with E-state index in [0.29, 0.717) is 38.4 Å². The van der Waals surface area contributed by atoms with Crippen LogP contribution in [0.3, 0.4) is 0 Å². The SMILES string of the molecule is Cc1cc(C(C#N)c2ccc(Cl)cc2)c(Cl)cc1Nc1ncnc(Oc2cccc3cccnc23)c1N. The molecule has 7 nitrogen and oxygen atoms in total. The van der Waals surface area contributed by atoms with Crippen molar-refractivity contribution in [3.63, 3.8) is 0 Å². The lowest BCUT2D eigenvalue weighted by Crippen LogP contribution is -2.05. The third kappa shape index (κ3) is 4.98. The lowest BCUT2D eigenvalue weighted by atomic mass is 9.91. The Labute approximate surface area is 223 Å². The van der Waals surface area contributed by atoms with Crippen LogP contribution in [0, 0.1) is 18.3 Å². The highest BCUT2D eigenvalue weighted by atomic mass is 35.5. The number of pyridine rings is 1. The zero-order chi connectivity index (χ0) is 25.9. The van der Waals surface area contributed by atoms with E-state index >= 15 is 0 Å². The van der Waals surface area contributed by atoms with E-state index in [1.807, 2.05) is 49.4 Å². The first-order chi connectivity index (χ1) is 17.9. The highest BCUT2D eigenvalue weighted by molar-refractivity contribution is 6.32. The van der Waals surface area contributed by atoms with E-state index < -0.39 is 5.92 Å². The lowest BCUT2D eigenvalue weighted by molar-refractivity contribution is 0.469. The van der Waals surface area contributed by atoms with Gasteiger partial charge in [0.25, 0.3) is 0 Å². The first-order valence-electron chi connectivity index (χ1n) is 11.3. The number of fused-ring (bicyclic) bond motifs is 1. The molecule has 0 saturated carbocycles. The van der Waals surface area contributed by atoms with Gasteiger partial charge < -0.3 is 15.8 Å². The van der Waals surface area contributed by atoms with Crippen molar-refractivity contribution in [1.82, 2.24) is 15.0 Å². The molecule has 1 atom stereocenters. The summed E-state index contributed by atoms with van der Waals surface area (Å²) in [7, 11) is 0. The molecule has 1 unspecified atom stereocenters. The number of rotatable bonds is 6. The molecule has 0 saturated heterocycles. The number of nitrogens with two attached hydrogens (primary N) is 1. The van der Waals surface area contributed by atoms with Crippen molar-refractivity contribution in [3.8, 4) is 17.7 Å². The molecule has 9 heteroatoms. The highest BCUT2D eigenvalue weighted by Gasteiger charge is 2.20. The molecule has 0 spiro atoms. The summed E-state index contributed by atoms with van der Waals surface area (Å²) in [6.45, 7) is 1.91. The van der Waals surface area contributed by atoms with Gasteiger partial charge in [-0.2, -0.15) is 10.2 Å². The van der Waals surface area contributed by atoms with Gasteiger partial charge in [-0.05, 0) is 53.9 Å². The van der Waals surface area contributed by atoms with E-state index in [1.165, 1.54) is 6.33 Å². The van der Waals surface area contributed by atoms with Crippen LogP contribution in [-0.4, -0.2) is 15.0 Å². The molecule has 3 N–H and O–H groups in total. The second-order valence-electron chi connectivity index (χ2n) is 8.30. The Hall–Kier alpha value is -4.38. The van der Waals surface area contributed by atoms with Crippen molar-refractivity contribution >= 4 is 51.3 Å². The fraction of sp³-hybridized carbons (Fsp3) is 0.0714. The molecule has 0 radical (unpaired) electrons. The minimum atomic E-state index is -0.545. The first kappa shape index (κ1) is 24.3. The number of benzene rings is 3. The molecule has 2 aromatic heterocycles. The van der Waals surface area contributed by atoms with Crippen LogP contribution < -0.4 is 15.8 Å². The Morgan fingerprint density at radius 3 is 2.57 bits per heavy atom. The quantitative estimate of drug-likeness (QED) is 0.237. The van der Waals surface area contributed by atoms with E-state index in [1.54, 1.807) is 30.5 Å². The third-order valence-electron chi connectivity index (χ3n) is 5.89. The van der Waals surface area contributed by atoms with Crippen LogP contribution in [0.25, 0.3) is 10.9 Å². The molecule has 37 heavy (non-hydrogen) atoms. The first-order valence-corrected chi connectivity index (χ1v) is 12.0. The van der Waals surface area contributed by atoms with Gasteiger partial charge in [0.15, 0.2) is 11.6 Å². The summed E-state index contributed by atoms with van der Waals surface area (Å²) >= 11 is 12.6. The summed E-state index contributed by atoms with van der Waals surface area (Å²) in [5.74, 6) is 0.543. The van der Waals surface area contributed by atoms with Crippen molar-refractivity contribution in [3.05, 3.63) is 106 Å². The fourth-order valence-electron chi connectivity index (χ4n) is 3.99. The summed E-state index contributed by atoms with van der Waals surface area (Å²) in [6, 6.07) is 22.6. The molecule has 2 heterocycles. The topological polar surface area (TPSA) is 110 Å². The number of aromatic nitrogens is 3. The molecule has 0 amide bonds. The maximum Gasteiger partial charge on any atom is 0.248 e. The summed E-state index contributed by atoms with van der Waals surface area (Å²) in [4.78, 5) is 12.9. The molecule has 182 valence electrons. The number of nitriles is 1. The van der Waals surface area contributed by atoms with Crippen LogP contribution in [0.15, 0.2) is 79.3 Å². The van der Waals surface area contributed by atoms with Crippen molar-refractivity contribution < 1.29 is 4.74 Å². The minimum Gasteiger partial charge on any atom is -0.435 e. The molecule has 0 aliphatic heterocycles. The Balaban J connectivity index is 1.44. The summed E-state index contributed by atoms with van der Waals surface area (Å²) in [6.07, 6.45) is 3.07. The van der Waals surface area contributed by atoms with E-state index in [2.05, 4.69) is 26.3 Å². The van der Waals surface area contributed by atoms with Crippen LogP contribution in [0.4, 0.5) is 17.2 Å². The maximum atomic E-state index is 9.87. The molecule has 0 bridgehead atoms. The monoisotopic (exact) mass is 526 g/mol. The van der Waals surface area contributed by atoms with Crippen molar-refractivity contribution in [1.29, 1.82) is 5.26 Å². The van der Waals surface area contributed by atoms with Gasteiger partial charge in [0.2, 0.25) is 5.88 Å². The van der Waals surface area contributed by atoms with Gasteiger partial charge in [-0.25, -0.2) is 4.98 Å². The van der Waals surface area contributed by atoms with Crippen LogP contribution in [0.1, 0.15) is 22.6 Å². The van der Waals surface area contributed by atoms with Gasteiger partial charge in [0.1, 0.15) is 17.5 Å². The predicted octanol–water partition coefficient (Wildman–Crippen LogP) is 7.41. The molecule has 0 aliphatic rings. The number of nitrogens with zero attached hydrogens (tertiary/aromatic N) is 4. The van der Waals surface area contributed by atoms with Crippen LogP contribution in [0.5, 0.6) is 11.6 Å². The molecule has 5 rings (SSSR count). The van der Waals surface area contributed by atoms with Gasteiger partial charge in [-0.1, -0.05) is 59.6 Å². The minimum absolute atomic E-state index is 0.198. The average molecular weight is 527 g/mol. The Morgan fingerprint density at radius 2 is 1.78 bits per heavy atom. The molecule has 0 aliphatic carbocycles. The average Bonchev–Trinajstić information content (AvgIpc) is 2.90. The van der Waals surface area contributed by atoms with Crippen LogP contribution in [0.2, 0.25) is 10.0 Å². The molecular formula is C28H20Cl2N6O. The van der Waals surface area contributed by atoms with Crippen molar-refractivity contribution in [2.45, 2.75) is 12.8 Å². The number of ether oxygens (including phenoxy) is 1. The Kier molecular flexibility index (Phi) is 6.78. The number of hydrogen-bond acceptors (Lipinski definition) is 7. The molecule has 5 aromatic rings. The highest BCUT2D eigenvalue weighted by Crippen LogP contribution is 2.37. The van der Waals surface area contributed by atoms with Crippen molar-refractivity contribution in [2.24, 2.45) is 0 Å². The molecule has 3 aromatic carbocycles. The zero-order valence-electron chi connectivity index (χ0n) is 19.6. The van der Waals surface area contributed by atoms with Crippen molar-refractivity contribution in [2.75, 3.05) is 11.1 Å². The molecule has 0 fully saturated rings. The largest absolute Gasteiger partial charge is 0.435 e. The standard InChI is InChI=1S/C28H20Cl2N6O/c1-16-12-20(21(14-31)17-7-9-19(29)10-8-17)22(30)13-23(16)36-27-25(32)28(35-15-34-27)37-24-6-2-4-18-5-3-11-33-26(18)24/h2-13,15,21H,32H2,1H3,(H,34,35,36). The van der Waals surface area contributed by atoms with E-state index in [0.717, 1.165) is 16.5 Å². The Bertz CT molecular complexity index is 1640. The zero-order valence-corrected chi connectivity index (χ0v) is 21.1. The number of hydrogen-bond donors (Lipinski definition) is 2. The molecular weight excluding hydrogens is 507 g/mol. The Morgan fingerprint density at radius 1 is 1.00 bits per heavy atom. The van der Waals surface area contributed by atoms with Gasteiger partial charge >= 0.3 is 0 Å². The number of aryl methyl sites for hydroxylation is 1. The van der Waals surface area contributed by atoms with E-state index in [9.17, 15) is 5.26 Å². The maximum absolute atomic E-state index is 9.87. The smallest absolute Gasteiger partial charge is 0.248 e. The van der Waals surface area contributed by atoms with E-state index in [4.69, 9.17) is 33.7 Å². The second kappa shape index (κ2) is 10.3. The normalized spacial score (nSPS) is 11.6. The predicted molar refractivity (Wildman–Crippen MR) is 147 cm³/mol. The van der Waals surface area contributed by atoms with Gasteiger partial charge in [-0.15, -0.1) is 0 Å². The summed E-state index contributed by atoms with van der Waals surface area (Å²) in [5.41, 5.74) is 10.3. The second-order valence-corrected chi connectivity index (χ2v) is 9.15. The van der Waals surface area contributed by atoms with Crippen LogP contribution >= 0.6 is 23.2 Å².